The highest BCUT2D eigenvalue weighted by Crippen LogP contribution is 2.48. The highest BCUT2D eigenvalue weighted by Gasteiger charge is 2.52. The number of carboxylic acid groups (broad SMARTS) is 1. The molecular weight excluding hydrogens is 260 g/mol. The molecule has 0 aromatic rings. The van der Waals surface area contributed by atoms with Crippen molar-refractivity contribution in [3.8, 4) is 0 Å². The Balaban J connectivity index is 2.14. The molecule has 5 unspecified atom stereocenters. The lowest BCUT2D eigenvalue weighted by Gasteiger charge is -2.27. The van der Waals surface area contributed by atoms with Crippen molar-refractivity contribution in [1.82, 2.24) is 5.32 Å². The number of nitrogens with two attached hydrogens (primary N) is 1. The number of nitrogens with one attached hydrogen (secondary N) is 1. The molecule has 4 N–H and O–H groups in total. The molecule has 0 spiro atoms. The van der Waals surface area contributed by atoms with E-state index in [1.807, 2.05) is 12.2 Å². The summed E-state index contributed by atoms with van der Waals surface area (Å²) >= 11 is 0. The summed E-state index contributed by atoms with van der Waals surface area (Å²) in [4.78, 5) is 35.1. The van der Waals surface area contributed by atoms with Gasteiger partial charge in [0.25, 0.3) is 0 Å². The largest absolute Gasteiger partial charge is 0.481 e. The van der Waals surface area contributed by atoms with E-state index in [9.17, 15) is 19.5 Å². The van der Waals surface area contributed by atoms with E-state index in [0.29, 0.717) is 6.42 Å². The summed E-state index contributed by atoms with van der Waals surface area (Å²) < 4.78 is 0. The topological polar surface area (TPSA) is 109 Å². The number of amides is 2. The zero-order chi connectivity index (χ0) is 15.0. The van der Waals surface area contributed by atoms with Crippen molar-refractivity contribution in [2.24, 2.45) is 35.3 Å². The Hall–Kier alpha value is -1.85. The van der Waals surface area contributed by atoms with Crippen LogP contribution in [0.4, 0.5) is 0 Å². The fourth-order valence-electron chi connectivity index (χ4n) is 3.33. The summed E-state index contributed by atoms with van der Waals surface area (Å²) in [6.07, 6.45) is 4.47. The van der Waals surface area contributed by atoms with Gasteiger partial charge in [0.1, 0.15) is 6.04 Å². The number of hydrogen-bond acceptors (Lipinski definition) is 3. The van der Waals surface area contributed by atoms with Crippen LogP contribution >= 0.6 is 0 Å². The summed E-state index contributed by atoms with van der Waals surface area (Å²) in [5.74, 6) is -3.52. The Bertz CT molecular complexity index is 472. The fraction of sp³-hybridized carbons (Fsp3) is 0.643. The molecular formula is C14H20N2O4. The third kappa shape index (κ3) is 2.42. The van der Waals surface area contributed by atoms with Gasteiger partial charge in [-0.3, -0.25) is 14.4 Å². The Morgan fingerprint density at radius 2 is 1.75 bits per heavy atom. The molecule has 0 heterocycles. The van der Waals surface area contributed by atoms with Gasteiger partial charge in [-0.2, -0.15) is 0 Å². The average Bonchev–Trinajstić information content (AvgIpc) is 2.94. The molecule has 0 saturated heterocycles. The number of carboxylic acids is 1. The smallest absolute Gasteiger partial charge is 0.307 e. The molecule has 6 heteroatoms. The van der Waals surface area contributed by atoms with E-state index < -0.39 is 29.8 Å². The molecule has 0 aromatic heterocycles. The normalized spacial score (nSPS) is 32.4. The predicted molar refractivity (Wildman–Crippen MR) is 71.3 cm³/mol. The van der Waals surface area contributed by atoms with Crippen LogP contribution in [0.15, 0.2) is 12.2 Å². The minimum absolute atomic E-state index is 0.0539. The zero-order valence-electron chi connectivity index (χ0n) is 11.6. The van der Waals surface area contributed by atoms with Crippen LogP contribution in [0.5, 0.6) is 0 Å². The number of fused-ring (bicyclic) bond motifs is 2. The fourth-order valence-corrected chi connectivity index (χ4v) is 3.33. The van der Waals surface area contributed by atoms with E-state index in [0.717, 1.165) is 0 Å². The summed E-state index contributed by atoms with van der Waals surface area (Å²) in [7, 11) is 0. The van der Waals surface area contributed by atoms with Crippen molar-refractivity contribution in [2.75, 3.05) is 0 Å². The Kier molecular flexibility index (Phi) is 3.83. The molecule has 2 aliphatic carbocycles. The van der Waals surface area contributed by atoms with Crippen LogP contribution < -0.4 is 11.1 Å². The van der Waals surface area contributed by atoms with Gasteiger partial charge in [0.05, 0.1) is 11.8 Å². The third-order valence-electron chi connectivity index (χ3n) is 4.32. The van der Waals surface area contributed by atoms with E-state index in [2.05, 4.69) is 5.32 Å². The maximum Gasteiger partial charge on any atom is 0.307 e. The third-order valence-corrected chi connectivity index (χ3v) is 4.32. The first kappa shape index (κ1) is 14.6. The van der Waals surface area contributed by atoms with Crippen molar-refractivity contribution in [3.05, 3.63) is 12.2 Å². The molecule has 0 aromatic carbocycles. The minimum atomic E-state index is -0.956. The molecule has 0 radical (unpaired) electrons. The van der Waals surface area contributed by atoms with Crippen LogP contribution in [0, 0.1) is 29.6 Å². The number of allylic oxidation sites excluding steroid dienone is 2. The molecule has 110 valence electrons. The first-order chi connectivity index (χ1) is 9.32. The van der Waals surface area contributed by atoms with Gasteiger partial charge in [0.15, 0.2) is 0 Å². The molecule has 1 fully saturated rings. The van der Waals surface area contributed by atoms with Gasteiger partial charge in [0, 0.05) is 0 Å². The van der Waals surface area contributed by atoms with Crippen LogP contribution in [0.3, 0.4) is 0 Å². The molecule has 0 aliphatic heterocycles. The van der Waals surface area contributed by atoms with Gasteiger partial charge >= 0.3 is 5.97 Å². The molecule has 2 amide bonds. The van der Waals surface area contributed by atoms with E-state index in [1.54, 1.807) is 13.8 Å². The number of carbonyl (C=O) groups is 3. The number of aliphatic carboxylic acids is 1. The average molecular weight is 280 g/mol. The van der Waals surface area contributed by atoms with Gasteiger partial charge in [0.2, 0.25) is 11.8 Å². The zero-order valence-corrected chi connectivity index (χ0v) is 11.6. The standard InChI is InChI=1S/C14H20N2O4/c1-6(2)11(12(15)17)16-13(18)9-7-3-4-8(5-7)10(9)14(19)20/h3-4,6-11H,5H2,1-2H3,(H2,15,17)(H,16,18)(H,19,20). The molecule has 2 rings (SSSR count). The predicted octanol–water partition coefficient (Wildman–Crippen LogP) is 0.135. The summed E-state index contributed by atoms with van der Waals surface area (Å²) in [6, 6.07) is -0.764. The summed E-state index contributed by atoms with van der Waals surface area (Å²) in [5, 5.41) is 11.9. The van der Waals surface area contributed by atoms with Gasteiger partial charge in [-0.1, -0.05) is 26.0 Å². The summed E-state index contributed by atoms with van der Waals surface area (Å²) in [6.45, 7) is 3.57. The highest BCUT2D eigenvalue weighted by molar-refractivity contribution is 5.91. The molecule has 2 bridgehead atoms. The minimum Gasteiger partial charge on any atom is -0.481 e. The second kappa shape index (κ2) is 5.26. The van der Waals surface area contributed by atoms with Crippen molar-refractivity contribution in [1.29, 1.82) is 0 Å². The van der Waals surface area contributed by atoms with Crippen molar-refractivity contribution in [3.63, 3.8) is 0 Å². The Labute approximate surface area is 117 Å². The second-order valence-electron chi connectivity index (χ2n) is 5.97. The second-order valence-corrected chi connectivity index (χ2v) is 5.97. The lowest BCUT2D eigenvalue weighted by Crippen LogP contribution is -2.51. The molecule has 5 atom stereocenters. The number of rotatable bonds is 5. The number of primary amides is 1. The Morgan fingerprint density at radius 1 is 1.20 bits per heavy atom. The van der Waals surface area contributed by atoms with Crippen LogP contribution in [0.25, 0.3) is 0 Å². The molecule has 20 heavy (non-hydrogen) atoms. The van der Waals surface area contributed by atoms with E-state index in [1.165, 1.54) is 0 Å². The first-order valence-electron chi connectivity index (χ1n) is 6.83. The van der Waals surface area contributed by atoms with Gasteiger partial charge < -0.3 is 16.2 Å². The first-order valence-corrected chi connectivity index (χ1v) is 6.83. The van der Waals surface area contributed by atoms with E-state index in [4.69, 9.17) is 5.73 Å². The van der Waals surface area contributed by atoms with Gasteiger partial charge in [-0.15, -0.1) is 0 Å². The molecule has 6 nitrogen and oxygen atoms in total. The maximum atomic E-state index is 12.4. The van der Waals surface area contributed by atoms with E-state index >= 15 is 0 Å². The molecule has 1 saturated carbocycles. The Morgan fingerprint density at radius 3 is 2.20 bits per heavy atom. The van der Waals surface area contributed by atoms with Crippen molar-refractivity contribution in [2.45, 2.75) is 26.3 Å². The quantitative estimate of drug-likeness (QED) is 0.622. The monoisotopic (exact) mass is 280 g/mol. The SMILES string of the molecule is CC(C)C(NC(=O)C1C2C=CC(C2)C1C(=O)O)C(N)=O. The highest BCUT2D eigenvalue weighted by atomic mass is 16.4. The van der Waals surface area contributed by atoms with Gasteiger partial charge in [-0.05, 0) is 24.2 Å². The van der Waals surface area contributed by atoms with Crippen molar-refractivity contribution >= 4 is 17.8 Å². The lowest BCUT2D eigenvalue weighted by molar-refractivity contribution is -0.148. The maximum absolute atomic E-state index is 12.4. The van der Waals surface area contributed by atoms with Crippen LogP contribution in [0.2, 0.25) is 0 Å². The van der Waals surface area contributed by atoms with Crippen LogP contribution in [-0.2, 0) is 14.4 Å². The van der Waals surface area contributed by atoms with Crippen LogP contribution in [0.1, 0.15) is 20.3 Å². The van der Waals surface area contributed by atoms with Crippen LogP contribution in [-0.4, -0.2) is 28.9 Å². The molecule has 2 aliphatic rings. The number of carbonyl (C=O) groups excluding carboxylic acids is 2. The summed E-state index contributed by atoms with van der Waals surface area (Å²) in [5.41, 5.74) is 5.27. The van der Waals surface area contributed by atoms with Gasteiger partial charge in [-0.25, -0.2) is 0 Å². The van der Waals surface area contributed by atoms with Crippen molar-refractivity contribution < 1.29 is 19.5 Å². The lowest BCUT2D eigenvalue weighted by atomic mass is 9.82. The van der Waals surface area contributed by atoms with E-state index in [-0.39, 0.29) is 23.7 Å². The number of hydrogen-bond donors (Lipinski definition) is 3.